The van der Waals surface area contributed by atoms with Gasteiger partial charge in [-0.25, -0.2) is 9.86 Å². The lowest BCUT2D eigenvalue weighted by molar-refractivity contribution is -0.275. The Morgan fingerprint density at radius 2 is 2.00 bits per heavy atom. The van der Waals surface area contributed by atoms with E-state index in [4.69, 9.17) is 14.7 Å². The predicted molar refractivity (Wildman–Crippen MR) is 89.4 cm³/mol. The lowest BCUT2D eigenvalue weighted by Crippen LogP contribution is -2.41. The van der Waals surface area contributed by atoms with Crippen molar-refractivity contribution in [1.82, 2.24) is 5.06 Å². The van der Waals surface area contributed by atoms with Crippen LogP contribution >= 0.6 is 0 Å². The molecule has 1 aliphatic heterocycles. The van der Waals surface area contributed by atoms with Crippen LogP contribution in [0.15, 0.2) is 23.9 Å². The monoisotopic (exact) mass is 389 g/mol. The van der Waals surface area contributed by atoms with Crippen molar-refractivity contribution in [3.8, 4) is 11.5 Å². The van der Waals surface area contributed by atoms with E-state index in [-0.39, 0.29) is 23.4 Å². The molecule has 0 aromatic heterocycles. The van der Waals surface area contributed by atoms with Crippen LogP contribution in [0.4, 0.5) is 13.2 Å². The first kappa shape index (κ1) is 21.1. The molecule has 0 radical (unpaired) electrons. The van der Waals surface area contributed by atoms with E-state index in [2.05, 4.69) is 4.74 Å². The minimum absolute atomic E-state index is 0.0125. The van der Waals surface area contributed by atoms with Crippen molar-refractivity contribution in [2.45, 2.75) is 58.3 Å². The van der Waals surface area contributed by atoms with E-state index in [1.165, 1.54) is 17.2 Å². The molecule has 0 saturated carbocycles. The number of nitrogens with zero attached hydrogens (tertiary/aromatic N) is 1. The molecule has 1 saturated heterocycles. The van der Waals surface area contributed by atoms with Crippen molar-refractivity contribution in [3.63, 3.8) is 0 Å². The highest BCUT2D eigenvalue weighted by atomic mass is 19.4. The molecule has 0 aliphatic carbocycles. The van der Waals surface area contributed by atoms with Gasteiger partial charge in [0.2, 0.25) is 0 Å². The van der Waals surface area contributed by atoms with Crippen molar-refractivity contribution in [2.24, 2.45) is 0 Å². The van der Waals surface area contributed by atoms with Crippen molar-refractivity contribution < 1.29 is 37.4 Å². The smallest absolute Gasteiger partial charge is 0.490 e. The molecule has 1 unspecified atom stereocenters. The maximum absolute atomic E-state index is 12.5. The normalized spacial score (nSPS) is 18.3. The number of hydroxylamine groups is 2. The van der Waals surface area contributed by atoms with E-state index >= 15 is 0 Å². The summed E-state index contributed by atoms with van der Waals surface area (Å²) in [4.78, 5) is 16.9. The van der Waals surface area contributed by atoms with Crippen molar-refractivity contribution in [1.29, 1.82) is 0 Å². The summed E-state index contributed by atoms with van der Waals surface area (Å²) >= 11 is 0. The minimum Gasteiger partial charge on any atom is -0.490 e. The van der Waals surface area contributed by atoms with Crippen LogP contribution in [0.1, 0.15) is 39.2 Å². The molecule has 1 aromatic carbocycles. The van der Waals surface area contributed by atoms with E-state index in [9.17, 15) is 18.0 Å². The molecule has 1 fully saturated rings. The van der Waals surface area contributed by atoms with E-state index < -0.39 is 30.4 Å². The summed E-state index contributed by atoms with van der Waals surface area (Å²) in [5.41, 5.74) is -0.221. The summed E-state index contributed by atoms with van der Waals surface area (Å²) in [5.74, 6) is 1.45. The van der Waals surface area contributed by atoms with Crippen LogP contribution in [0.25, 0.3) is 0 Å². The number of ether oxygens (including phenoxy) is 2. The third kappa shape index (κ3) is 6.46. The second kappa shape index (κ2) is 8.21. The second-order valence-electron chi connectivity index (χ2n) is 7.06. The van der Waals surface area contributed by atoms with Gasteiger partial charge in [0, 0.05) is 31.0 Å². The molecule has 1 heterocycles. The van der Waals surface area contributed by atoms with E-state index in [1.54, 1.807) is 0 Å². The van der Waals surface area contributed by atoms with Gasteiger partial charge in [-0.15, -0.1) is 13.2 Å². The van der Waals surface area contributed by atoms with E-state index in [0.717, 1.165) is 6.07 Å². The number of benzene rings is 1. The maximum Gasteiger partial charge on any atom is 0.573 e. The van der Waals surface area contributed by atoms with Crippen molar-refractivity contribution >= 4 is 5.94 Å². The maximum atomic E-state index is 12.5. The predicted octanol–water partition coefficient (Wildman–Crippen LogP) is 3.37. The van der Waals surface area contributed by atoms with Crippen LogP contribution in [0.5, 0.6) is 11.5 Å². The van der Waals surface area contributed by atoms with Gasteiger partial charge in [-0.3, -0.25) is 4.84 Å². The van der Waals surface area contributed by atoms with Crippen LogP contribution in [0.3, 0.4) is 0 Å². The van der Waals surface area contributed by atoms with E-state index in [0.29, 0.717) is 13.0 Å². The zero-order valence-corrected chi connectivity index (χ0v) is 15.3. The number of rotatable bonds is 5. The van der Waals surface area contributed by atoms with Crippen molar-refractivity contribution in [3.05, 3.63) is 29.5 Å². The summed E-state index contributed by atoms with van der Waals surface area (Å²) in [6.45, 7) is 5.33. The zero-order chi connectivity index (χ0) is 20.2. The fourth-order valence-electron chi connectivity index (χ4n) is 2.59. The summed E-state index contributed by atoms with van der Waals surface area (Å²) in [5, 5.41) is 10.6. The minimum atomic E-state index is -4.88. The Morgan fingerprint density at radius 1 is 1.30 bits per heavy atom. The van der Waals surface area contributed by atoms with Gasteiger partial charge in [0.1, 0.15) is 29.2 Å². The van der Waals surface area contributed by atoms with Gasteiger partial charge in [-0.2, -0.15) is 0 Å². The molecule has 0 amide bonds. The van der Waals surface area contributed by atoms with Crippen LogP contribution < -0.4 is 9.47 Å². The van der Waals surface area contributed by atoms with Crippen LogP contribution in [0, 0.1) is 0 Å². The summed E-state index contributed by atoms with van der Waals surface area (Å²) in [7, 11) is 0. The summed E-state index contributed by atoms with van der Waals surface area (Å²) in [6, 6.07) is 3.81. The quantitative estimate of drug-likeness (QED) is 0.779. The Hall–Kier alpha value is -2.22. The Balaban J connectivity index is 2.09. The molecule has 0 spiro atoms. The van der Waals surface area contributed by atoms with Gasteiger partial charge in [0.15, 0.2) is 0 Å². The Kier molecular flexibility index (Phi) is 6.41. The molecule has 1 aliphatic rings. The average Bonchev–Trinajstić information content (AvgIpc) is 2.54. The van der Waals surface area contributed by atoms with Crippen LogP contribution in [-0.2, 0) is 16.2 Å². The first-order valence-corrected chi connectivity index (χ1v) is 8.37. The lowest BCUT2D eigenvalue weighted by Gasteiger charge is -2.36. The Labute approximate surface area is 155 Å². The molecule has 1 atom stereocenters. The van der Waals surface area contributed by atoms with Crippen molar-refractivity contribution in [2.75, 3.05) is 6.54 Å². The molecule has 27 heavy (non-hydrogen) atoms. The number of aliphatic hydroxyl groups excluding tert-OH is 1. The molecule has 150 valence electrons. The fourth-order valence-corrected chi connectivity index (χ4v) is 2.59. The second-order valence-corrected chi connectivity index (χ2v) is 7.06. The number of halogens is 3. The molecule has 1 N–H and O–H groups in total. The Bertz CT molecular complexity index is 708. The molecule has 1 aromatic rings. The third-order valence-corrected chi connectivity index (χ3v) is 3.62. The number of alkyl halides is 3. The molecule has 2 rings (SSSR count). The number of aliphatic hydroxyl groups is 1. The van der Waals surface area contributed by atoms with E-state index in [1.807, 2.05) is 26.7 Å². The first-order valence-electron chi connectivity index (χ1n) is 8.37. The largest absolute Gasteiger partial charge is 0.573 e. The highest BCUT2D eigenvalue weighted by molar-refractivity contribution is 5.51. The standard InChI is InChI=1S/C18H22F3NO5/c1-17(2,3)27-22-7-6-15(8-13(22)11-24)25-14-5-4-12(10-23)16(9-14)26-18(19,20)21/h4-5,9,15,23H,6-8,10H2,1-3H3. The fraction of sp³-hybridized carbons (Fsp3) is 0.556. The number of hydrogen-bond donors (Lipinski definition) is 1. The number of hydrogen-bond acceptors (Lipinski definition) is 6. The number of piperidine rings is 1. The first-order chi connectivity index (χ1) is 12.5. The molecular formula is C18H22F3NO5. The van der Waals surface area contributed by atoms with Gasteiger partial charge in [0.05, 0.1) is 12.2 Å². The van der Waals surface area contributed by atoms with Gasteiger partial charge in [0.25, 0.3) is 0 Å². The zero-order valence-electron chi connectivity index (χ0n) is 15.3. The summed E-state index contributed by atoms with van der Waals surface area (Å²) < 4.78 is 47.2. The highest BCUT2D eigenvalue weighted by Crippen LogP contribution is 2.32. The third-order valence-electron chi connectivity index (χ3n) is 3.62. The van der Waals surface area contributed by atoms with Crippen LogP contribution in [-0.4, -0.2) is 40.7 Å². The molecule has 6 nitrogen and oxygen atoms in total. The lowest BCUT2D eigenvalue weighted by atomic mass is 10.1. The SMILES string of the molecule is CC(C)(C)ON1CCC(Oc2ccc(CO)c(OC(F)(F)F)c2)CC1=C=O. The average molecular weight is 389 g/mol. The molecular weight excluding hydrogens is 367 g/mol. The Morgan fingerprint density at radius 3 is 2.56 bits per heavy atom. The van der Waals surface area contributed by atoms with Gasteiger partial charge in [-0.1, -0.05) is 0 Å². The van der Waals surface area contributed by atoms with Gasteiger partial charge >= 0.3 is 6.36 Å². The van der Waals surface area contributed by atoms with Crippen LogP contribution in [0.2, 0.25) is 0 Å². The van der Waals surface area contributed by atoms with Gasteiger partial charge in [-0.05, 0) is 32.9 Å². The highest BCUT2D eigenvalue weighted by Gasteiger charge is 2.33. The molecule has 9 heteroatoms. The molecule has 0 bridgehead atoms. The van der Waals surface area contributed by atoms with Gasteiger partial charge < -0.3 is 14.6 Å². The summed E-state index contributed by atoms with van der Waals surface area (Å²) in [6.07, 6.45) is -4.61. The number of carbonyl (C=O) groups excluding carboxylic acids is 1. The topological polar surface area (TPSA) is 68.2 Å².